The van der Waals surface area contributed by atoms with E-state index in [1.807, 2.05) is 32.0 Å². The minimum absolute atomic E-state index is 0.0346. The van der Waals surface area contributed by atoms with Crippen molar-refractivity contribution < 1.29 is 18.0 Å². The Morgan fingerprint density at radius 3 is 2.17 bits per heavy atom. The van der Waals surface area contributed by atoms with E-state index in [4.69, 9.17) is 0 Å². The zero-order valence-corrected chi connectivity index (χ0v) is 21.8. The summed E-state index contributed by atoms with van der Waals surface area (Å²) in [5.41, 5.74) is 3.80. The molecule has 2 fully saturated rings. The van der Waals surface area contributed by atoms with E-state index < -0.39 is 10.0 Å². The minimum atomic E-state index is -3.78. The Bertz CT molecular complexity index is 1200. The molecule has 4 rings (SSSR count). The number of sulfonamides is 1. The number of carbonyl (C=O) groups excluding carboxylic acids is 2. The Balaban J connectivity index is 1.41. The molecule has 2 aromatic rings. The number of rotatable bonds is 6. The highest BCUT2D eigenvalue weighted by Gasteiger charge is 2.36. The lowest BCUT2D eigenvalue weighted by Crippen LogP contribution is -2.41. The van der Waals surface area contributed by atoms with E-state index in [1.54, 1.807) is 18.7 Å². The van der Waals surface area contributed by atoms with Crippen molar-refractivity contribution in [1.29, 1.82) is 0 Å². The quantitative estimate of drug-likeness (QED) is 0.655. The molecule has 2 amide bonds. The Hall–Kier alpha value is -2.72. The van der Waals surface area contributed by atoms with Crippen molar-refractivity contribution in [3.8, 4) is 0 Å². The molecule has 0 atom stereocenters. The number of nitrogens with zero attached hydrogens (tertiary/aromatic N) is 4. The van der Waals surface area contributed by atoms with E-state index in [0.717, 1.165) is 42.7 Å². The first kappa shape index (κ1) is 25.4. The van der Waals surface area contributed by atoms with Crippen LogP contribution in [0.25, 0.3) is 0 Å². The molecule has 2 saturated heterocycles. The lowest BCUT2D eigenvalue weighted by atomic mass is 9.97. The second-order valence-electron chi connectivity index (χ2n) is 9.79. The molecule has 190 valence electrons. The summed E-state index contributed by atoms with van der Waals surface area (Å²) >= 11 is 0. The summed E-state index contributed by atoms with van der Waals surface area (Å²) in [6, 6.07) is 5.91. The van der Waals surface area contributed by atoms with Crippen LogP contribution in [0.1, 0.15) is 48.2 Å². The molecule has 1 aromatic carbocycles. The van der Waals surface area contributed by atoms with E-state index in [2.05, 4.69) is 10.4 Å². The first-order chi connectivity index (χ1) is 16.6. The average Bonchev–Trinajstić information content (AvgIpc) is 3.41. The summed E-state index contributed by atoms with van der Waals surface area (Å²) in [5.74, 6) is -0.356. The van der Waals surface area contributed by atoms with E-state index in [0.29, 0.717) is 24.2 Å². The second kappa shape index (κ2) is 10.1. The molecule has 0 saturated carbocycles. The Morgan fingerprint density at radius 1 is 0.971 bits per heavy atom. The van der Waals surface area contributed by atoms with Crippen LogP contribution in [-0.4, -0.2) is 65.4 Å². The normalized spacial score (nSPS) is 17.7. The fourth-order valence-corrected chi connectivity index (χ4v) is 7.02. The van der Waals surface area contributed by atoms with Gasteiger partial charge < -0.3 is 10.2 Å². The highest BCUT2D eigenvalue weighted by atomic mass is 32.2. The standard InChI is InChI=1S/C25H35N5O4S/c1-17-13-18(2)15-22(14-17)26-25(32)21-7-11-29(12-8-21)35(33,34)24-19(3)27-30(20(24)4)16-23(31)28-9-5-6-10-28/h13-15,21H,5-12,16H2,1-4H3,(H,26,32). The smallest absolute Gasteiger partial charge is 0.246 e. The second-order valence-corrected chi connectivity index (χ2v) is 11.7. The maximum Gasteiger partial charge on any atom is 0.246 e. The minimum Gasteiger partial charge on any atom is -0.341 e. The van der Waals surface area contributed by atoms with Gasteiger partial charge in [-0.3, -0.25) is 14.3 Å². The van der Waals surface area contributed by atoms with Crippen LogP contribution < -0.4 is 5.32 Å². The van der Waals surface area contributed by atoms with Crippen LogP contribution in [0.5, 0.6) is 0 Å². The van der Waals surface area contributed by atoms with Gasteiger partial charge in [-0.15, -0.1) is 0 Å². The lowest BCUT2D eigenvalue weighted by molar-refractivity contribution is -0.131. The summed E-state index contributed by atoms with van der Waals surface area (Å²) in [6.45, 7) is 9.41. The van der Waals surface area contributed by atoms with E-state index >= 15 is 0 Å². The number of hydrogen-bond acceptors (Lipinski definition) is 5. The highest BCUT2D eigenvalue weighted by molar-refractivity contribution is 7.89. The van der Waals surface area contributed by atoms with Gasteiger partial charge in [-0.05, 0) is 76.6 Å². The van der Waals surface area contributed by atoms with Gasteiger partial charge in [0.25, 0.3) is 0 Å². The zero-order valence-electron chi connectivity index (χ0n) is 21.0. The summed E-state index contributed by atoms with van der Waals surface area (Å²) in [6.07, 6.45) is 2.91. The van der Waals surface area contributed by atoms with Crippen LogP contribution in [0, 0.1) is 33.6 Å². The van der Waals surface area contributed by atoms with Crippen LogP contribution >= 0.6 is 0 Å². The van der Waals surface area contributed by atoms with Gasteiger partial charge in [0.05, 0.1) is 11.4 Å². The van der Waals surface area contributed by atoms with E-state index in [1.165, 1.54) is 8.99 Å². The van der Waals surface area contributed by atoms with Crippen molar-refractivity contribution in [3.05, 3.63) is 40.7 Å². The number of aryl methyl sites for hydroxylation is 3. The van der Waals surface area contributed by atoms with Gasteiger partial charge >= 0.3 is 0 Å². The average molecular weight is 502 g/mol. The topological polar surface area (TPSA) is 105 Å². The predicted molar refractivity (Wildman–Crippen MR) is 134 cm³/mol. The van der Waals surface area contributed by atoms with Crippen molar-refractivity contribution in [3.63, 3.8) is 0 Å². The Morgan fingerprint density at radius 2 is 1.57 bits per heavy atom. The summed E-state index contributed by atoms with van der Waals surface area (Å²) in [4.78, 5) is 27.4. The molecule has 3 heterocycles. The molecule has 0 bridgehead atoms. The molecule has 0 unspecified atom stereocenters. The third-order valence-electron chi connectivity index (χ3n) is 6.97. The van der Waals surface area contributed by atoms with Gasteiger partial charge in [0.15, 0.2) is 0 Å². The molecular formula is C25H35N5O4S. The van der Waals surface area contributed by atoms with Gasteiger partial charge in [-0.1, -0.05) is 6.07 Å². The molecule has 10 heteroatoms. The summed E-state index contributed by atoms with van der Waals surface area (Å²) in [7, 11) is -3.78. The monoisotopic (exact) mass is 501 g/mol. The first-order valence-corrected chi connectivity index (χ1v) is 13.7. The number of piperidine rings is 1. The molecule has 2 aliphatic rings. The number of likely N-dealkylation sites (tertiary alicyclic amines) is 1. The Labute approximate surface area is 207 Å². The van der Waals surface area contributed by atoms with Crippen molar-refractivity contribution in [2.24, 2.45) is 5.92 Å². The van der Waals surface area contributed by atoms with Gasteiger partial charge in [0.1, 0.15) is 11.4 Å². The Kier molecular flexibility index (Phi) is 7.32. The van der Waals surface area contributed by atoms with Gasteiger partial charge in [0, 0.05) is 37.8 Å². The molecule has 1 aromatic heterocycles. The molecule has 0 spiro atoms. The van der Waals surface area contributed by atoms with Crippen LogP contribution in [-0.2, 0) is 26.2 Å². The van der Waals surface area contributed by atoms with E-state index in [-0.39, 0.29) is 42.3 Å². The molecule has 9 nitrogen and oxygen atoms in total. The van der Waals surface area contributed by atoms with Crippen molar-refractivity contribution in [2.45, 2.75) is 64.8 Å². The molecule has 0 radical (unpaired) electrons. The maximum absolute atomic E-state index is 13.5. The molecular weight excluding hydrogens is 466 g/mol. The van der Waals surface area contributed by atoms with Crippen LogP contribution in [0.2, 0.25) is 0 Å². The summed E-state index contributed by atoms with van der Waals surface area (Å²) in [5, 5.41) is 7.37. The van der Waals surface area contributed by atoms with Gasteiger partial charge in [-0.2, -0.15) is 9.40 Å². The number of aromatic nitrogens is 2. The fourth-order valence-electron chi connectivity index (χ4n) is 5.18. The largest absolute Gasteiger partial charge is 0.341 e. The zero-order chi connectivity index (χ0) is 25.3. The predicted octanol–water partition coefficient (Wildman–Crippen LogP) is 2.78. The van der Waals surface area contributed by atoms with Crippen molar-refractivity contribution >= 4 is 27.5 Å². The highest BCUT2D eigenvalue weighted by Crippen LogP contribution is 2.29. The number of anilines is 1. The first-order valence-electron chi connectivity index (χ1n) is 12.3. The fraction of sp³-hybridized carbons (Fsp3) is 0.560. The number of carbonyl (C=O) groups is 2. The van der Waals surface area contributed by atoms with E-state index in [9.17, 15) is 18.0 Å². The van der Waals surface area contributed by atoms with Gasteiger partial charge in [-0.25, -0.2) is 8.42 Å². The third-order valence-corrected chi connectivity index (χ3v) is 9.12. The van der Waals surface area contributed by atoms with Crippen LogP contribution in [0.3, 0.4) is 0 Å². The molecule has 0 aliphatic carbocycles. The van der Waals surface area contributed by atoms with Crippen LogP contribution in [0.4, 0.5) is 5.69 Å². The SMILES string of the molecule is Cc1cc(C)cc(NC(=O)C2CCN(S(=O)(=O)c3c(C)nn(CC(=O)N4CCCC4)c3C)CC2)c1. The molecule has 1 N–H and O–H groups in total. The number of amides is 2. The number of hydrogen-bond donors (Lipinski definition) is 1. The number of benzene rings is 1. The van der Waals surface area contributed by atoms with Crippen molar-refractivity contribution in [2.75, 3.05) is 31.5 Å². The van der Waals surface area contributed by atoms with Crippen LogP contribution in [0.15, 0.2) is 23.1 Å². The van der Waals surface area contributed by atoms with Gasteiger partial charge in [0.2, 0.25) is 21.8 Å². The molecule has 35 heavy (non-hydrogen) atoms. The molecule has 2 aliphatic heterocycles. The summed E-state index contributed by atoms with van der Waals surface area (Å²) < 4.78 is 30.0. The lowest BCUT2D eigenvalue weighted by Gasteiger charge is -2.30. The van der Waals surface area contributed by atoms with Crippen molar-refractivity contribution in [1.82, 2.24) is 19.0 Å². The third kappa shape index (κ3) is 5.43. The maximum atomic E-state index is 13.5. The number of nitrogens with one attached hydrogen (secondary N) is 1.